The average Bonchev–Trinajstić information content (AvgIpc) is 3.20. The molecule has 2 unspecified atom stereocenters. The molecule has 2 aliphatic heterocycles. The summed E-state index contributed by atoms with van der Waals surface area (Å²) < 4.78 is 13.0. The lowest BCUT2D eigenvalue weighted by molar-refractivity contribution is -0.0644. The van der Waals surface area contributed by atoms with Crippen molar-refractivity contribution >= 4 is 21.6 Å². The minimum absolute atomic E-state index is 0.0297. The smallest absolute Gasteiger partial charge is 0.190 e. The number of ether oxygens (including phenoxy) is 2. The van der Waals surface area contributed by atoms with Gasteiger partial charge >= 0.3 is 0 Å². The maximum Gasteiger partial charge on any atom is 0.190 e. The summed E-state index contributed by atoms with van der Waals surface area (Å²) in [6.45, 7) is 0. The third-order valence-corrected chi connectivity index (χ3v) is 6.73. The molecule has 0 saturated heterocycles. The normalized spacial score (nSPS) is 24.2. The van der Waals surface area contributed by atoms with Gasteiger partial charge in [0, 0.05) is 27.9 Å². The summed E-state index contributed by atoms with van der Waals surface area (Å²) in [6.07, 6.45) is 7.30. The van der Waals surface area contributed by atoms with Crippen molar-refractivity contribution in [2.24, 2.45) is 11.0 Å². The van der Waals surface area contributed by atoms with Crippen molar-refractivity contribution in [1.82, 2.24) is 5.01 Å². The first-order chi connectivity index (χ1) is 13.7. The van der Waals surface area contributed by atoms with Crippen LogP contribution in [0, 0.1) is 5.92 Å². The van der Waals surface area contributed by atoms with Crippen LogP contribution in [0.1, 0.15) is 55.7 Å². The number of rotatable bonds is 3. The van der Waals surface area contributed by atoms with Crippen LogP contribution in [0.2, 0.25) is 0 Å². The molecule has 1 fully saturated rings. The number of hydrazone groups is 1. The number of fused-ring (bicyclic) bond motifs is 3. The number of halogens is 1. The van der Waals surface area contributed by atoms with Gasteiger partial charge in [-0.25, -0.2) is 5.01 Å². The van der Waals surface area contributed by atoms with E-state index in [9.17, 15) is 0 Å². The SMILES string of the molecule is COc1cccc(C2=NN3C(C2)c2cc(Br)ccc2OC3C2CCCCC2)c1. The van der Waals surface area contributed by atoms with Gasteiger partial charge in [-0.1, -0.05) is 47.3 Å². The fraction of sp³-hybridized carbons (Fsp3) is 0.435. The molecule has 0 radical (unpaired) electrons. The molecule has 0 amide bonds. The highest BCUT2D eigenvalue weighted by atomic mass is 79.9. The Bertz CT molecular complexity index is 907. The Labute approximate surface area is 174 Å². The first kappa shape index (κ1) is 18.0. The highest BCUT2D eigenvalue weighted by molar-refractivity contribution is 9.10. The van der Waals surface area contributed by atoms with E-state index in [1.807, 2.05) is 12.1 Å². The largest absolute Gasteiger partial charge is 0.497 e. The Morgan fingerprint density at radius 2 is 1.96 bits per heavy atom. The summed E-state index contributed by atoms with van der Waals surface area (Å²) in [4.78, 5) is 0. The van der Waals surface area contributed by atoms with Crippen LogP contribution in [0.4, 0.5) is 0 Å². The van der Waals surface area contributed by atoms with E-state index < -0.39 is 0 Å². The zero-order valence-corrected chi connectivity index (χ0v) is 17.7. The third-order valence-electron chi connectivity index (χ3n) is 6.24. The predicted molar refractivity (Wildman–Crippen MR) is 114 cm³/mol. The van der Waals surface area contributed by atoms with Gasteiger partial charge in [-0.3, -0.25) is 0 Å². The maximum absolute atomic E-state index is 6.54. The molecule has 2 heterocycles. The van der Waals surface area contributed by atoms with E-state index in [4.69, 9.17) is 14.6 Å². The number of hydrogen-bond donors (Lipinski definition) is 0. The van der Waals surface area contributed by atoms with Crippen molar-refractivity contribution in [3.63, 3.8) is 0 Å². The summed E-state index contributed by atoms with van der Waals surface area (Å²) in [5.74, 6) is 2.43. The standard InChI is InChI=1S/C23H25BrN2O2/c1-27-18-9-5-8-16(12-18)20-14-21-19-13-17(24)10-11-22(19)28-23(26(21)25-20)15-6-3-2-4-7-15/h5,8-13,15,21,23H,2-4,6-7,14H2,1H3. The molecule has 3 aliphatic rings. The van der Waals surface area contributed by atoms with Crippen molar-refractivity contribution < 1.29 is 9.47 Å². The first-order valence-electron chi connectivity index (χ1n) is 10.2. The van der Waals surface area contributed by atoms with Crippen LogP contribution in [0.5, 0.6) is 11.5 Å². The van der Waals surface area contributed by atoms with E-state index in [-0.39, 0.29) is 12.3 Å². The maximum atomic E-state index is 6.54. The Hall–Kier alpha value is -2.01. The summed E-state index contributed by atoms with van der Waals surface area (Å²) in [5.41, 5.74) is 3.47. The van der Waals surface area contributed by atoms with E-state index in [0.29, 0.717) is 5.92 Å². The van der Waals surface area contributed by atoms with Gasteiger partial charge in [-0.05, 0) is 43.2 Å². The molecule has 0 bridgehead atoms. The lowest BCUT2D eigenvalue weighted by atomic mass is 9.86. The van der Waals surface area contributed by atoms with Crippen LogP contribution in [-0.4, -0.2) is 24.1 Å². The van der Waals surface area contributed by atoms with Gasteiger partial charge in [0.1, 0.15) is 11.5 Å². The summed E-state index contributed by atoms with van der Waals surface area (Å²) >= 11 is 3.63. The van der Waals surface area contributed by atoms with E-state index in [1.54, 1.807) is 7.11 Å². The van der Waals surface area contributed by atoms with Crippen molar-refractivity contribution in [2.45, 2.75) is 50.8 Å². The molecular weight excluding hydrogens is 416 g/mol. The Balaban J connectivity index is 1.53. The van der Waals surface area contributed by atoms with Crippen molar-refractivity contribution in [3.05, 3.63) is 58.1 Å². The molecule has 5 rings (SSSR count). The van der Waals surface area contributed by atoms with Gasteiger partial charge in [0.2, 0.25) is 0 Å². The van der Waals surface area contributed by atoms with Crippen molar-refractivity contribution in [2.75, 3.05) is 7.11 Å². The highest BCUT2D eigenvalue weighted by Crippen LogP contribution is 2.47. The zero-order valence-electron chi connectivity index (χ0n) is 16.1. The molecule has 28 heavy (non-hydrogen) atoms. The number of methoxy groups -OCH3 is 1. The van der Waals surface area contributed by atoms with Crippen LogP contribution < -0.4 is 9.47 Å². The average molecular weight is 441 g/mol. The van der Waals surface area contributed by atoms with E-state index >= 15 is 0 Å². The monoisotopic (exact) mass is 440 g/mol. The van der Waals surface area contributed by atoms with Crippen LogP contribution in [-0.2, 0) is 0 Å². The molecule has 0 spiro atoms. The van der Waals surface area contributed by atoms with Crippen molar-refractivity contribution in [1.29, 1.82) is 0 Å². The second-order valence-corrected chi connectivity index (χ2v) is 8.88. The van der Waals surface area contributed by atoms with Gasteiger partial charge in [0.15, 0.2) is 6.23 Å². The van der Waals surface area contributed by atoms with Crippen LogP contribution in [0.15, 0.2) is 52.0 Å². The zero-order chi connectivity index (χ0) is 19.1. The Morgan fingerprint density at radius 3 is 2.79 bits per heavy atom. The molecule has 4 nitrogen and oxygen atoms in total. The molecule has 1 saturated carbocycles. The highest BCUT2D eigenvalue weighted by Gasteiger charge is 2.43. The molecule has 5 heteroatoms. The Morgan fingerprint density at radius 1 is 1.11 bits per heavy atom. The summed E-state index contributed by atoms with van der Waals surface area (Å²) in [6, 6.07) is 14.8. The molecule has 2 aromatic carbocycles. The first-order valence-corrected chi connectivity index (χ1v) is 11.0. The van der Waals surface area contributed by atoms with E-state index in [0.717, 1.165) is 33.7 Å². The number of benzene rings is 2. The molecule has 1 aliphatic carbocycles. The second kappa shape index (κ2) is 7.43. The van der Waals surface area contributed by atoms with Gasteiger partial charge in [-0.2, -0.15) is 5.10 Å². The minimum Gasteiger partial charge on any atom is -0.497 e. The van der Waals surface area contributed by atoms with E-state index in [2.05, 4.69) is 51.3 Å². The van der Waals surface area contributed by atoms with Crippen molar-refractivity contribution in [3.8, 4) is 11.5 Å². The quantitative estimate of drug-likeness (QED) is 0.594. The van der Waals surface area contributed by atoms with Crippen LogP contribution in [0.25, 0.3) is 0 Å². The lowest BCUT2D eigenvalue weighted by Gasteiger charge is -2.42. The minimum atomic E-state index is 0.0297. The topological polar surface area (TPSA) is 34.1 Å². The van der Waals surface area contributed by atoms with Crippen LogP contribution >= 0.6 is 15.9 Å². The third kappa shape index (κ3) is 3.20. The Kier molecular flexibility index (Phi) is 4.79. The molecule has 2 aromatic rings. The molecular formula is C23H25BrN2O2. The van der Waals surface area contributed by atoms with Gasteiger partial charge in [0.05, 0.1) is 18.9 Å². The summed E-state index contributed by atoms with van der Waals surface area (Å²) in [5, 5.41) is 7.34. The number of nitrogens with zero attached hydrogens (tertiary/aromatic N) is 2. The fourth-order valence-corrected chi connectivity index (χ4v) is 5.17. The van der Waals surface area contributed by atoms with Gasteiger partial charge < -0.3 is 9.47 Å². The van der Waals surface area contributed by atoms with Gasteiger partial charge in [-0.15, -0.1) is 0 Å². The molecule has 2 atom stereocenters. The number of hydrogen-bond acceptors (Lipinski definition) is 4. The second-order valence-electron chi connectivity index (χ2n) is 7.97. The van der Waals surface area contributed by atoms with E-state index in [1.165, 1.54) is 37.7 Å². The molecule has 0 N–H and O–H groups in total. The lowest BCUT2D eigenvalue weighted by Crippen LogP contribution is -2.45. The fourth-order valence-electron chi connectivity index (χ4n) is 4.79. The van der Waals surface area contributed by atoms with Gasteiger partial charge in [0.25, 0.3) is 0 Å². The summed E-state index contributed by atoms with van der Waals surface area (Å²) in [7, 11) is 1.71. The van der Waals surface area contributed by atoms with Crippen LogP contribution in [0.3, 0.4) is 0 Å². The molecule has 146 valence electrons. The predicted octanol–water partition coefficient (Wildman–Crippen LogP) is 5.91. The molecule has 0 aromatic heterocycles.